The number of nitrogens with zero attached hydrogens (tertiary/aromatic N) is 3. The van der Waals surface area contributed by atoms with E-state index in [1.165, 1.54) is 17.2 Å². The summed E-state index contributed by atoms with van der Waals surface area (Å²) in [6.45, 7) is 3.23. The molecule has 0 aromatic carbocycles. The number of aliphatic imine (C=N–C) groups is 1. The van der Waals surface area contributed by atoms with Gasteiger partial charge in [0, 0.05) is 27.1 Å². The molecule has 0 saturated carbocycles. The number of carboxylic acid groups (broad SMARTS) is 1. The zero-order chi connectivity index (χ0) is 9.73. The minimum atomic E-state index is -2.42. The fourth-order valence-electron chi connectivity index (χ4n) is 0.585. The van der Waals surface area contributed by atoms with Crippen LogP contribution in [0, 0.1) is 0 Å². The molecule has 13 heavy (non-hydrogen) atoms. The summed E-state index contributed by atoms with van der Waals surface area (Å²) in [4.78, 5) is 18.8. The molecule has 0 aromatic rings. The minimum Gasteiger partial charge on any atom is -0.472 e. The molecule has 1 N–H and O–H groups in total. The molecule has 1 heterocycles. The van der Waals surface area contributed by atoms with Crippen LogP contribution in [-0.4, -0.2) is 16.0 Å². The van der Waals surface area contributed by atoms with E-state index in [1.54, 1.807) is 0 Å². The van der Waals surface area contributed by atoms with Gasteiger partial charge in [-0.2, -0.15) is 0 Å². The SMILES string of the molecule is C=CON=NS1(C(=O)O)C=CN=C1. The molecule has 70 valence electrons. The lowest BCUT2D eigenvalue weighted by atomic mass is 11.1. The predicted molar refractivity (Wildman–Crippen MR) is 49.4 cm³/mol. The molecule has 0 amide bonds. The van der Waals surface area contributed by atoms with E-state index in [2.05, 4.69) is 26.2 Å². The summed E-state index contributed by atoms with van der Waals surface area (Å²) in [5.41, 5.74) is 1.24. The summed E-state index contributed by atoms with van der Waals surface area (Å²) in [7, 11) is -2.42. The van der Waals surface area contributed by atoms with Crippen LogP contribution in [0.1, 0.15) is 0 Å². The van der Waals surface area contributed by atoms with E-state index in [0.29, 0.717) is 0 Å². The van der Waals surface area contributed by atoms with Gasteiger partial charge in [-0.05, 0) is 0 Å². The molecule has 1 aliphatic heterocycles. The van der Waals surface area contributed by atoms with Gasteiger partial charge < -0.3 is 9.94 Å². The number of hydrogen-bond donors (Lipinski definition) is 1. The zero-order valence-electron chi connectivity index (χ0n) is 6.53. The lowest BCUT2D eigenvalue weighted by Crippen LogP contribution is -2.03. The summed E-state index contributed by atoms with van der Waals surface area (Å²) in [6, 6.07) is 0. The topological polar surface area (TPSA) is 83.6 Å². The highest BCUT2D eigenvalue weighted by molar-refractivity contribution is 8.55. The average Bonchev–Trinajstić information content (AvgIpc) is 2.55. The maximum absolute atomic E-state index is 10.8. The van der Waals surface area contributed by atoms with Crippen molar-refractivity contribution in [1.82, 2.24) is 0 Å². The maximum atomic E-state index is 10.8. The van der Waals surface area contributed by atoms with E-state index in [0.717, 1.165) is 6.26 Å². The van der Waals surface area contributed by atoms with Crippen LogP contribution in [0.25, 0.3) is 0 Å². The van der Waals surface area contributed by atoms with Crippen molar-refractivity contribution >= 4 is 21.1 Å². The van der Waals surface area contributed by atoms with Crippen molar-refractivity contribution in [3.8, 4) is 0 Å². The quantitative estimate of drug-likeness (QED) is 0.432. The van der Waals surface area contributed by atoms with Crippen LogP contribution in [-0.2, 0) is 4.84 Å². The molecule has 0 bridgehead atoms. The molecular formula is C6H7N3O3S. The zero-order valence-corrected chi connectivity index (χ0v) is 7.35. The van der Waals surface area contributed by atoms with Crippen LogP contribution >= 0.6 is 10.2 Å². The fraction of sp³-hybridized carbons (Fsp3) is 0. The average molecular weight is 201 g/mol. The highest BCUT2D eigenvalue weighted by Crippen LogP contribution is 2.51. The summed E-state index contributed by atoms with van der Waals surface area (Å²) < 4.78 is 3.52. The standard InChI is InChI=1S/C6H7N3O3S/c1-2-12-8-9-13(6(10)11)4-3-7-5-13/h2-5H,1H2,(H,10,11). The Morgan fingerprint density at radius 1 is 1.77 bits per heavy atom. The first kappa shape index (κ1) is 9.46. The Balaban J connectivity index is 2.81. The summed E-state index contributed by atoms with van der Waals surface area (Å²) >= 11 is 0. The Bertz CT molecular complexity index is 298. The molecule has 1 rings (SSSR count). The van der Waals surface area contributed by atoms with Gasteiger partial charge in [0.15, 0.2) is 0 Å². The van der Waals surface area contributed by atoms with Crippen LogP contribution in [0.5, 0.6) is 0 Å². The van der Waals surface area contributed by atoms with Gasteiger partial charge in [0.1, 0.15) is 6.26 Å². The van der Waals surface area contributed by atoms with E-state index in [-0.39, 0.29) is 0 Å². The summed E-state index contributed by atoms with van der Waals surface area (Å²) in [6.07, 6.45) is 2.42. The van der Waals surface area contributed by atoms with Gasteiger partial charge in [0.2, 0.25) is 0 Å². The second kappa shape index (κ2) is 3.85. The van der Waals surface area contributed by atoms with Gasteiger partial charge in [-0.3, -0.25) is 4.99 Å². The van der Waals surface area contributed by atoms with Crippen molar-refractivity contribution in [2.24, 2.45) is 14.8 Å². The normalized spacial score (nSPS) is 30.2. The third-order valence-electron chi connectivity index (χ3n) is 1.15. The van der Waals surface area contributed by atoms with Gasteiger partial charge in [0.05, 0.1) is 5.55 Å². The van der Waals surface area contributed by atoms with E-state index in [4.69, 9.17) is 5.11 Å². The number of rotatable bonds is 3. The summed E-state index contributed by atoms with van der Waals surface area (Å²) in [5, 5.41) is 12.3. The lowest BCUT2D eigenvalue weighted by Gasteiger charge is -2.14. The molecule has 1 atom stereocenters. The molecule has 1 unspecified atom stereocenters. The first-order valence-electron chi connectivity index (χ1n) is 3.16. The second-order valence-electron chi connectivity index (χ2n) is 1.91. The van der Waals surface area contributed by atoms with Gasteiger partial charge in [-0.25, -0.2) is 4.79 Å². The van der Waals surface area contributed by atoms with E-state index in [1.807, 2.05) is 0 Å². The fourth-order valence-corrected chi connectivity index (χ4v) is 1.69. The van der Waals surface area contributed by atoms with Crippen molar-refractivity contribution < 1.29 is 14.7 Å². The highest BCUT2D eigenvalue weighted by Gasteiger charge is 2.30. The number of hydrogen-bond acceptors (Lipinski definition) is 5. The minimum absolute atomic E-state index is 1.05. The van der Waals surface area contributed by atoms with E-state index < -0.39 is 15.5 Å². The number of carbonyl (C=O) groups is 1. The lowest BCUT2D eigenvalue weighted by molar-refractivity contribution is 0.220. The van der Waals surface area contributed by atoms with Crippen LogP contribution in [0.4, 0.5) is 4.79 Å². The van der Waals surface area contributed by atoms with Crippen LogP contribution in [0.15, 0.2) is 39.2 Å². The Hall–Kier alpha value is -1.63. The first-order chi connectivity index (χ1) is 6.21. The van der Waals surface area contributed by atoms with Crippen molar-refractivity contribution in [2.45, 2.75) is 0 Å². The smallest absolute Gasteiger partial charge is 0.376 e. The predicted octanol–water partition coefficient (Wildman–Crippen LogP) is 2.42. The molecule has 7 heteroatoms. The Labute approximate surface area is 75.7 Å². The van der Waals surface area contributed by atoms with E-state index >= 15 is 0 Å². The Morgan fingerprint density at radius 3 is 3.00 bits per heavy atom. The molecular weight excluding hydrogens is 194 g/mol. The Morgan fingerprint density at radius 2 is 2.54 bits per heavy atom. The molecule has 0 aromatic heterocycles. The molecule has 1 aliphatic rings. The molecule has 0 fully saturated rings. The van der Waals surface area contributed by atoms with Crippen LogP contribution in [0.3, 0.4) is 0 Å². The van der Waals surface area contributed by atoms with Gasteiger partial charge in [-0.15, -0.1) is 0 Å². The van der Waals surface area contributed by atoms with Crippen LogP contribution in [0.2, 0.25) is 0 Å². The van der Waals surface area contributed by atoms with Gasteiger partial charge in [0.25, 0.3) is 0 Å². The first-order valence-corrected chi connectivity index (χ1v) is 4.88. The molecule has 0 saturated heterocycles. The largest absolute Gasteiger partial charge is 0.472 e. The highest BCUT2D eigenvalue weighted by atomic mass is 32.3. The van der Waals surface area contributed by atoms with Crippen LogP contribution < -0.4 is 0 Å². The molecule has 0 radical (unpaired) electrons. The van der Waals surface area contributed by atoms with Gasteiger partial charge >= 0.3 is 5.30 Å². The van der Waals surface area contributed by atoms with Crippen molar-refractivity contribution in [1.29, 1.82) is 0 Å². The van der Waals surface area contributed by atoms with Crippen molar-refractivity contribution in [3.63, 3.8) is 0 Å². The molecule has 0 aliphatic carbocycles. The van der Waals surface area contributed by atoms with Crippen molar-refractivity contribution in [3.05, 3.63) is 24.4 Å². The maximum Gasteiger partial charge on any atom is 0.376 e. The van der Waals surface area contributed by atoms with Gasteiger partial charge in [-0.1, -0.05) is 11.1 Å². The summed E-state index contributed by atoms with van der Waals surface area (Å²) in [5.74, 6) is 0. The third kappa shape index (κ3) is 1.94. The molecule has 6 nitrogen and oxygen atoms in total. The molecule has 0 spiro atoms. The monoisotopic (exact) mass is 201 g/mol. The van der Waals surface area contributed by atoms with Crippen molar-refractivity contribution in [2.75, 3.05) is 0 Å². The van der Waals surface area contributed by atoms with E-state index in [9.17, 15) is 4.79 Å². The third-order valence-corrected chi connectivity index (χ3v) is 3.02. The second-order valence-corrected chi connectivity index (χ2v) is 4.26. The Kier molecular flexibility index (Phi) is 2.80.